The smallest absolute Gasteiger partial charge is 0.0785 e. The maximum Gasteiger partial charge on any atom is 0.0785 e. The van der Waals surface area contributed by atoms with Crippen LogP contribution in [0.5, 0.6) is 0 Å². The van der Waals surface area contributed by atoms with Crippen molar-refractivity contribution in [2.24, 2.45) is 0 Å². The van der Waals surface area contributed by atoms with Gasteiger partial charge < -0.3 is 9.13 Å². The lowest BCUT2D eigenvalue weighted by atomic mass is 10.1. The molecule has 0 radical (unpaired) electrons. The zero-order chi connectivity index (χ0) is 25.5. The van der Waals surface area contributed by atoms with E-state index in [2.05, 4.69) is 156 Å². The maximum absolute atomic E-state index is 2.50. The van der Waals surface area contributed by atoms with Crippen LogP contribution >= 0.6 is 0 Å². The molecule has 0 spiro atoms. The molecule has 7 aromatic rings. The maximum atomic E-state index is 2.50. The van der Waals surface area contributed by atoms with Crippen LogP contribution in [-0.4, -0.2) is 9.13 Å². The number of fused-ring (bicyclic) bond motifs is 7. The monoisotopic (exact) mass is 488 g/mol. The Morgan fingerprint density at radius 3 is 1.87 bits per heavy atom. The number of hydrogen-bond acceptors (Lipinski definition) is 0. The van der Waals surface area contributed by atoms with Crippen LogP contribution in [-0.2, 0) is 6.54 Å². The molecule has 2 heterocycles. The van der Waals surface area contributed by atoms with Crippen LogP contribution in [0, 0.1) is 0 Å². The summed E-state index contributed by atoms with van der Waals surface area (Å²) in [6.07, 6.45) is 6.69. The first-order chi connectivity index (χ1) is 18.8. The molecule has 0 N–H and O–H groups in total. The van der Waals surface area contributed by atoms with E-state index in [0.717, 1.165) is 6.54 Å². The van der Waals surface area contributed by atoms with E-state index in [0.29, 0.717) is 0 Å². The zero-order valence-electron chi connectivity index (χ0n) is 21.4. The van der Waals surface area contributed by atoms with Crippen LogP contribution < -0.4 is 0 Å². The van der Waals surface area contributed by atoms with Gasteiger partial charge in [-0.05, 0) is 42.3 Å². The summed E-state index contributed by atoms with van der Waals surface area (Å²) in [5.41, 5.74) is 8.65. The summed E-state index contributed by atoms with van der Waals surface area (Å²) in [5.74, 6) is 0. The summed E-state index contributed by atoms with van der Waals surface area (Å²) in [4.78, 5) is 0. The van der Waals surface area contributed by atoms with Gasteiger partial charge in [-0.15, -0.1) is 0 Å². The lowest BCUT2D eigenvalue weighted by molar-refractivity contribution is 0.901. The Labute approximate surface area is 222 Å². The Bertz CT molecular complexity index is 1980. The minimum atomic E-state index is 0.772. The quantitative estimate of drug-likeness (QED) is 0.214. The molecule has 7 rings (SSSR count). The van der Waals surface area contributed by atoms with Crippen LogP contribution in [0.15, 0.2) is 140 Å². The number of hydrogen-bond donors (Lipinski definition) is 0. The highest BCUT2D eigenvalue weighted by molar-refractivity contribution is 6.23. The first-order valence-corrected chi connectivity index (χ1v) is 13.2. The van der Waals surface area contributed by atoms with Gasteiger partial charge in [-0.25, -0.2) is 0 Å². The van der Waals surface area contributed by atoms with Crippen molar-refractivity contribution < 1.29 is 0 Å². The van der Waals surface area contributed by atoms with Crippen LogP contribution in [0.3, 0.4) is 0 Å². The second-order valence-corrected chi connectivity index (χ2v) is 9.70. The van der Waals surface area contributed by atoms with E-state index in [4.69, 9.17) is 0 Å². The summed E-state index contributed by atoms with van der Waals surface area (Å²) < 4.78 is 4.94. The summed E-state index contributed by atoms with van der Waals surface area (Å²) >= 11 is 0. The molecule has 0 saturated heterocycles. The molecule has 0 atom stereocenters. The fourth-order valence-electron chi connectivity index (χ4n) is 5.90. The van der Waals surface area contributed by atoms with Gasteiger partial charge in [0.25, 0.3) is 0 Å². The van der Waals surface area contributed by atoms with E-state index in [9.17, 15) is 0 Å². The normalized spacial score (nSPS) is 12.5. The van der Waals surface area contributed by atoms with Crippen molar-refractivity contribution in [3.63, 3.8) is 0 Å². The van der Waals surface area contributed by atoms with Crippen molar-refractivity contribution in [2.75, 3.05) is 0 Å². The highest BCUT2D eigenvalue weighted by Gasteiger charge is 2.19. The predicted octanol–water partition coefficient (Wildman–Crippen LogP) is 9.55. The Morgan fingerprint density at radius 2 is 1.16 bits per heavy atom. The highest BCUT2D eigenvalue weighted by atomic mass is 15.0. The van der Waals surface area contributed by atoms with Gasteiger partial charge in [0, 0.05) is 39.3 Å². The minimum absolute atomic E-state index is 0.772. The molecule has 0 unspecified atom stereocenters. The summed E-state index contributed by atoms with van der Waals surface area (Å²) in [5, 5.41) is 5.13. The molecule has 0 fully saturated rings. The van der Waals surface area contributed by atoms with Gasteiger partial charge in [-0.3, -0.25) is 0 Å². The predicted molar refractivity (Wildman–Crippen MR) is 163 cm³/mol. The zero-order valence-corrected chi connectivity index (χ0v) is 21.4. The first kappa shape index (κ1) is 22.4. The highest BCUT2D eigenvalue weighted by Crippen LogP contribution is 2.40. The third-order valence-corrected chi connectivity index (χ3v) is 7.53. The van der Waals surface area contributed by atoms with Crippen molar-refractivity contribution >= 4 is 49.2 Å². The van der Waals surface area contributed by atoms with Gasteiger partial charge in [-0.2, -0.15) is 0 Å². The van der Waals surface area contributed by atoms with E-state index in [1.165, 1.54) is 60.4 Å². The summed E-state index contributed by atoms with van der Waals surface area (Å²) in [6.45, 7) is 2.85. The molecular formula is C36H28N2. The molecule has 0 aliphatic heterocycles. The Kier molecular flexibility index (Phi) is 5.44. The largest absolute Gasteiger partial charge is 0.335 e. The number of para-hydroxylation sites is 3. The van der Waals surface area contributed by atoms with Crippen LogP contribution in [0.2, 0.25) is 0 Å². The van der Waals surface area contributed by atoms with Gasteiger partial charge in [-0.1, -0.05) is 115 Å². The lowest BCUT2D eigenvalue weighted by Gasteiger charge is -2.12. The third-order valence-electron chi connectivity index (χ3n) is 7.53. The average molecular weight is 489 g/mol. The summed E-state index contributed by atoms with van der Waals surface area (Å²) in [6, 6.07) is 43.6. The average Bonchev–Trinajstić information content (AvgIpc) is 3.49. The summed E-state index contributed by atoms with van der Waals surface area (Å²) in [7, 11) is 0. The van der Waals surface area contributed by atoms with Gasteiger partial charge >= 0.3 is 0 Å². The second-order valence-electron chi connectivity index (χ2n) is 9.70. The molecule has 0 aliphatic carbocycles. The molecule has 5 aromatic carbocycles. The van der Waals surface area contributed by atoms with Crippen LogP contribution in [0.1, 0.15) is 12.5 Å². The van der Waals surface area contributed by atoms with E-state index < -0.39 is 0 Å². The van der Waals surface area contributed by atoms with Gasteiger partial charge in [0.2, 0.25) is 0 Å². The van der Waals surface area contributed by atoms with Gasteiger partial charge in [0.15, 0.2) is 0 Å². The van der Waals surface area contributed by atoms with Crippen molar-refractivity contribution in [1.29, 1.82) is 0 Å². The molecule has 0 saturated carbocycles. The van der Waals surface area contributed by atoms with Crippen molar-refractivity contribution in [3.8, 4) is 5.69 Å². The number of benzene rings is 5. The Morgan fingerprint density at radius 1 is 0.579 bits per heavy atom. The SMILES string of the molecule is C/C=C\C(=C/Cn1c2ccccc2c2ccc3c4ccccc4n(-c4ccccc4)c3c21)c1ccccc1. The molecule has 0 bridgehead atoms. The number of allylic oxidation sites excluding steroid dienone is 4. The van der Waals surface area contributed by atoms with Gasteiger partial charge in [0.1, 0.15) is 0 Å². The minimum Gasteiger partial charge on any atom is -0.335 e. The lowest BCUT2D eigenvalue weighted by Crippen LogP contribution is -2.00. The van der Waals surface area contributed by atoms with E-state index in [1.807, 2.05) is 0 Å². The Hall–Kier alpha value is -4.82. The molecule has 38 heavy (non-hydrogen) atoms. The Balaban J connectivity index is 1.59. The molecule has 2 aromatic heterocycles. The van der Waals surface area contributed by atoms with Gasteiger partial charge in [0.05, 0.1) is 16.6 Å². The van der Waals surface area contributed by atoms with Crippen molar-refractivity contribution in [2.45, 2.75) is 13.5 Å². The molecule has 2 nitrogen and oxygen atoms in total. The topological polar surface area (TPSA) is 9.86 Å². The van der Waals surface area contributed by atoms with Crippen LogP contribution in [0.4, 0.5) is 0 Å². The standard InChI is InChI=1S/C36H28N2/c1-2-13-26(27-14-5-3-6-15-27)24-25-37-33-20-11-9-18-29(33)31-22-23-32-30-19-10-12-21-34(30)38(36(32)35(31)37)28-16-7-4-8-17-28/h2-24H,25H2,1H3/b13-2-,26-24+. The van der Waals surface area contributed by atoms with E-state index in [-0.39, 0.29) is 0 Å². The molecular weight excluding hydrogens is 460 g/mol. The third kappa shape index (κ3) is 3.49. The first-order valence-electron chi connectivity index (χ1n) is 13.2. The van der Waals surface area contributed by atoms with E-state index >= 15 is 0 Å². The molecule has 182 valence electrons. The van der Waals surface area contributed by atoms with E-state index in [1.54, 1.807) is 0 Å². The number of rotatable bonds is 5. The molecule has 0 amide bonds. The number of aromatic nitrogens is 2. The van der Waals surface area contributed by atoms with Crippen LogP contribution in [0.25, 0.3) is 54.9 Å². The molecule has 2 heteroatoms. The number of nitrogens with zero attached hydrogens (tertiary/aromatic N) is 2. The fraction of sp³-hybridized carbons (Fsp3) is 0.0556. The van der Waals surface area contributed by atoms with Crippen molar-refractivity contribution in [3.05, 3.63) is 145 Å². The fourth-order valence-corrected chi connectivity index (χ4v) is 5.90. The second kappa shape index (κ2) is 9.24. The van der Waals surface area contributed by atoms with Crippen molar-refractivity contribution in [1.82, 2.24) is 9.13 Å². The molecule has 0 aliphatic rings.